The average molecular weight is 242 g/mol. The molecule has 0 heterocycles. The Bertz CT molecular complexity index is 236. The number of esters is 1. The standard InChI is InChI=1S/C14H26O3/c1-5-7-13(9-15)8-12(6-2)10-17-14(16)11(3)4/h12-13,15H,3,5-10H2,1-2,4H3. The fraction of sp³-hybridized carbons (Fsp3) is 0.786. The monoisotopic (exact) mass is 242 g/mol. The lowest BCUT2D eigenvalue weighted by atomic mass is 9.90. The Morgan fingerprint density at radius 2 is 2.00 bits per heavy atom. The Labute approximate surface area is 105 Å². The van der Waals surface area contributed by atoms with Crippen molar-refractivity contribution >= 4 is 5.97 Å². The zero-order chi connectivity index (χ0) is 13.3. The quantitative estimate of drug-likeness (QED) is 0.499. The van der Waals surface area contributed by atoms with Gasteiger partial charge in [-0.15, -0.1) is 0 Å². The summed E-state index contributed by atoms with van der Waals surface area (Å²) < 4.78 is 5.16. The fourth-order valence-electron chi connectivity index (χ4n) is 1.83. The maximum absolute atomic E-state index is 11.3. The molecule has 3 heteroatoms. The number of aliphatic hydroxyl groups is 1. The summed E-state index contributed by atoms with van der Waals surface area (Å²) in [5, 5.41) is 9.25. The smallest absolute Gasteiger partial charge is 0.333 e. The molecule has 0 aliphatic heterocycles. The third-order valence-corrected chi connectivity index (χ3v) is 3.00. The van der Waals surface area contributed by atoms with Crippen LogP contribution >= 0.6 is 0 Å². The third-order valence-electron chi connectivity index (χ3n) is 3.00. The van der Waals surface area contributed by atoms with Crippen molar-refractivity contribution in [3.8, 4) is 0 Å². The zero-order valence-electron chi connectivity index (χ0n) is 11.4. The van der Waals surface area contributed by atoms with Crippen molar-refractivity contribution in [1.29, 1.82) is 0 Å². The number of carbonyl (C=O) groups excluding carboxylic acids is 1. The normalized spacial score (nSPS) is 14.1. The molecule has 0 aliphatic rings. The molecule has 100 valence electrons. The van der Waals surface area contributed by atoms with E-state index in [4.69, 9.17) is 4.74 Å². The fourth-order valence-corrected chi connectivity index (χ4v) is 1.83. The van der Waals surface area contributed by atoms with E-state index in [2.05, 4.69) is 20.4 Å². The van der Waals surface area contributed by atoms with Crippen LogP contribution in [-0.4, -0.2) is 24.3 Å². The molecule has 2 unspecified atom stereocenters. The Balaban J connectivity index is 4.05. The Kier molecular flexibility index (Phi) is 8.78. The molecular weight excluding hydrogens is 216 g/mol. The second kappa shape index (κ2) is 9.23. The second-order valence-corrected chi connectivity index (χ2v) is 4.73. The highest BCUT2D eigenvalue weighted by atomic mass is 16.5. The van der Waals surface area contributed by atoms with E-state index < -0.39 is 0 Å². The zero-order valence-corrected chi connectivity index (χ0v) is 11.4. The Morgan fingerprint density at radius 3 is 2.41 bits per heavy atom. The van der Waals surface area contributed by atoms with E-state index in [0.29, 0.717) is 24.0 Å². The molecule has 0 saturated heterocycles. The predicted molar refractivity (Wildman–Crippen MR) is 69.7 cm³/mol. The Hall–Kier alpha value is -0.830. The first-order chi connectivity index (χ1) is 8.04. The van der Waals surface area contributed by atoms with Crippen LogP contribution in [0, 0.1) is 11.8 Å². The molecular formula is C14H26O3. The summed E-state index contributed by atoms with van der Waals surface area (Å²) in [4.78, 5) is 11.3. The molecule has 0 aromatic carbocycles. The lowest BCUT2D eigenvalue weighted by Gasteiger charge is -2.20. The molecule has 2 atom stereocenters. The molecule has 0 bridgehead atoms. The number of aliphatic hydroxyl groups excluding tert-OH is 1. The first-order valence-corrected chi connectivity index (χ1v) is 6.48. The van der Waals surface area contributed by atoms with E-state index in [1.54, 1.807) is 6.92 Å². The minimum atomic E-state index is -0.320. The molecule has 0 aromatic heterocycles. The van der Waals surface area contributed by atoms with Crippen LogP contribution in [0.15, 0.2) is 12.2 Å². The molecule has 0 aromatic rings. The van der Waals surface area contributed by atoms with Gasteiger partial charge in [-0.3, -0.25) is 0 Å². The molecule has 0 radical (unpaired) electrons. The highest BCUT2D eigenvalue weighted by Gasteiger charge is 2.16. The van der Waals surface area contributed by atoms with Gasteiger partial charge in [0.25, 0.3) is 0 Å². The van der Waals surface area contributed by atoms with E-state index in [1.807, 2.05) is 0 Å². The van der Waals surface area contributed by atoms with Gasteiger partial charge in [-0.1, -0.05) is 33.3 Å². The van der Waals surface area contributed by atoms with Crippen LogP contribution in [0.1, 0.15) is 46.5 Å². The van der Waals surface area contributed by atoms with E-state index in [9.17, 15) is 9.90 Å². The van der Waals surface area contributed by atoms with Gasteiger partial charge >= 0.3 is 5.97 Å². The van der Waals surface area contributed by atoms with Crippen LogP contribution < -0.4 is 0 Å². The molecule has 0 amide bonds. The maximum atomic E-state index is 11.3. The van der Waals surface area contributed by atoms with Crippen molar-refractivity contribution in [2.24, 2.45) is 11.8 Å². The minimum absolute atomic E-state index is 0.221. The van der Waals surface area contributed by atoms with E-state index >= 15 is 0 Å². The molecule has 0 rings (SSSR count). The highest BCUT2D eigenvalue weighted by molar-refractivity contribution is 5.86. The average Bonchev–Trinajstić information content (AvgIpc) is 2.32. The summed E-state index contributed by atoms with van der Waals surface area (Å²) >= 11 is 0. The summed E-state index contributed by atoms with van der Waals surface area (Å²) in [5.41, 5.74) is 0.437. The van der Waals surface area contributed by atoms with Crippen LogP contribution in [0.4, 0.5) is 0 Å². The Morgan fingerprint density at radius 1 is 1.35 bits per heavy atom. The second-order valence-electron chi connectivity index (χ2n) is 4.73. The van der Waals surface area contributed by atoms with Crippen LogP contribution in [0.3, 0.4) is 0 Å². The van der Waals surface area contributed by atoms with Crippen LogP contribution in [0.5, 0.6) is 0 Å². The lowest BCUT2D eigenvalue weighted by Crippen LogP contribution is -2.19. The van der Waals surface area contributed by atoms with Gasteiger partial charge in [0.15, 0.2) is 0 Å². The minimum Gasteiger partial charge on any atom is -0.462 e. The summed E-state index contributed by atoms with van der Waals surface area (Å²) in [5.74, 6) is 0.343. The van der Waals surface area contributed by atoms with Crippen LogP contribution in [-0.2, 0) is 9.53 Å². The molecule has 0 fully saturated rings. The van der Waals surface area contributed by atoms with Crippen molar-refractivity contribution in [1.82, 2.24) is 0 Å². The van der Waals surface area contributed by atoms with Crippen molar-refractivity contribution in [2.75, 3.05) is 13.2 Å². The van der Waals surface area contributed by atoms with Gasteiger partial charge in [0.2, 0.25) is 0 Å². The van der Waals surface area contributed by atoms with E-state index in [-0.39, 0.29) is 12.6 Å². The van der Waals surface area contributed by atoms with Crippen LogP contribution in [0.2, 0.25) is 0 Å². The lowest BCUT2D eigenvalue weighted by molar-refractivity contribution is -0.140. The van der Waals surface area contributed by atoms with E-state index in [0.717, 1.165) is 25.7 Å². The van der Waals surface area contributed by atoms with Gasteiger partial charge in [0.05, 0.1) is 6.61 Å². The number of hydrogen-bond acceptors (Lipinski definition) is 3. The summed E-state index contributed by atoms with van der Waals surface area (Å²) in [6.07, 6.45) is 3.99. The largest absolute Gasteiger partial charge is 0.462 e. The van der Waals surface area contributed by atoms with Crippen molar-refractivity contribution < 1.29 is 14.6 Å². The van der Waals surface area contributed by atoms with Crippen molar-refractivity contribution in [2.45, 2.75) is 46.5 Å². The highest BCUT2D eigenvalue weighted by Crippen LogP contribution is 2.20. The number of carbonyl (C=O) groups is 1. The first kappa shape index (κ1) is 16.2. The van der Waals surface area contributed by atoms with Crippen molar-refractivity contribution in [3.05, 3.63) is 12.2 Å². The van der Waals surface area contributed by atoms with Gasteiger partial charge in [0.1, 0.15) is 0 Å². The number of rotatable bonds is 9. The molecule has 0 saturated carbocycles. The third kappa shape index (κ3) is 7.16. The van der Waals surface area contributed by atoms with E-state index in [1.165, 1.54) is 0 Å². The SMILES string of the molecule is C=C(C)C(=O)OCC(CC)CC(CO)CCC. The van der Waals surface area contributed by atoms with Gasteiger partial charge in [-0.25, -0.2) is 4.79 Å². The van der Waals surface area contributed by atoms with Gasteiger partial charge in [0, 0.05) is 12.2 Å². The van der Waals surface area contributed by atoms with Crippen LogP contribution in [0.25, 0.3) is 0 Å². The predicted octanol–water partition coefficient (Wildman–Crippen LogP) is 2.93. The molecule has 0 aliphatic carbocycles. The molecule has 1 N–H and O–H groups in total. The summed E-state index contributed by atoms with van der Waals surface area (Å²) in [6, 6.07) is 0. The summed E-state index contributed by atoms with van der Waals surface area (Å²) in [6.45, 7) is 10.1. The summed E-state index contributed by atoms with van der Waals surface area (Å²) in [7, 11) is 0. The molecule has 0 spiro atoms. The number of ether oxygens (including phenoxy) is 1. The van der Waals surface area contributed by atoms with Crippen molar-refractivity contribution in [3.63, 3.8) is 0 Å². The van der Waals surface area contributed by atoms with Gasteiger partial charge < -0.3 is 9.84 Å². The van der Waals surface area contributed by atoms with Gasteiger partial charge in [-0.2, -0.15) is 0 Å². The molecule has 3 nitrogen and oxygen atoms in total. The molecule has 17 heavy (non-hydrogen) atoms. The topological polar surface area (TPSA) is 46.5 Å². The maximum Gasteiger partial charge on any atom is 0.333 e. The first-order valence-electron chi connectivity index (χ1n) is 6.48. The number of hydrogen-bond donors (Lipinski definition) is 1. The van der Waals surface area contributed by atoms with Gasteiger partial charge in [-0.05, 0) is 31.6 Å².